The van der Waals surface area contributed by atoms with Crippen molar-refractivity contribution in [3.63, 3.8) is 0 Å². The fourth-order valence-corrected chi connectivity index (χ4v) is 26.7. The quantitative estimate of drug-likeness (QED) is 0.0851. The van der Waals surface area contributed by atoms with Crippen LogP contribution in [0.5, 0.6) is 0 Å². The van der Waals surface area contributed by atoms with Gasteiger partial charge in [-0.15, -0.1) is 11.3 Å². The molecule has 6 saturated carbocycles. The molecule has 5 heteroatoms. The first-order valence-electron chi connectivity index (χ1n) is 50.2. The molecule has 18 aromatic carbocycles. The third-order valence-corrected chi connectivity index (χ3v) is 33.6. The molecule has 27 rings (SSSR count). The van der Waals surface area contributed by atoms with E-state index < -0.39 is 0 Å². The molecule has 9 atom stereocenters. The predicted molar refractivity (Wildman–Crippen MR) is 580 cm³/mol. The highest BCUT2D eigenvalue weighted by atomic mass is 32.1. The van der Waals surface area contributed by atoms with E-state index >= 15 is 0 Å². The van der Waals surface area contributed by atoms with Crippen LogP contribution in [0.3, 0.4) is 0 Å². The minimum absolute atomic E-state index is 0.00606. The maximum absolute atomic E-state index is 2.48. The van der Waals surface area contributed by atoms with Gasteiger partial charge in [0.2, 0.25) is 0 Å². The first-order valence-corrected chi connectivity index (χ1v) is 51.0. The van der Waals surface area contributed by atoms with Gasteiger partial charge >= 0.3 is 0 Å². The number of nitrogens with zero attached hydrogens (tertiary/aromatic N) is 4. The van der Waals surface area contributed by atoms with Crippen LogP contribution in [0.2, 0.25) is 0 Å². The van der Waals surface area contributed by atoms with Gasteiger partial charge in [0.25, 0.3) is 0 Å². The number of hydrogen-bond acceptors (Lipinski definition) is 4. The van der Waals surface area contributed by atoms with Crippen molar-refractivity contribution in [2.45, 2.75) is 114 Å². The Morgan fingerprint density at radius 3 is 0.978 bits per heavy atom. The van der Waals surface area contributed by atoms with Crippen molar-refractivity contribution in [3.05, 3.63) is 471 Å². The fourth-order valence-electron chi connectivity index (χ4n) is 25.6. The molecule has 137 heavy (non-hydrogen) atoms. The highest BCUT2D eigenvalue weighted by Gasteiger charge is 2.43. The van der Waals surface area contributed by atoms with Gasteiger partial charge in [0.05, 0.1) is 11.0 Å². The number of anilines is 9. The number of aromatic nitrogens is 1. The van der Waals surface area contributed by atoms with E-state index in [1.54, 1.807) is 5.56 Å². The van der Waals surface area contributed by atoms with Gasteiger partial charge in [-0.3, -0.25) is 0 Å². The molecule has 0 amide bonds. The summed E-state index contributed by atoms with van der Waals surface area (Å²) in [6.45, 7) is 4.72. The largest absolute Gasteiger partial charge is 0.311 e. The van der Waals surface area contributed by atoms with Gasteiger partial charge in [0.1, 0.15) is 0 Å². The Labute approximate surface area is 810 Å². The summed E-state index contributed by atoms with van der Waals surface area (Å²) in [5, 5.41) is 5.21. The van der Waals surface area contributed by atoms with Crippen molar-refractivity contribution in [2.75, 3.05) is 14.7 Å². The van der Waals surface area contributed by atoms with Crippen molar-refractivity contribution in [1.29, 1.82) is 0 Å². The second-order valence-corrected chi connectivity index (χ2v) is 41.7. The van der Waals surface area contributed by atoms with E-state index in [-0.39, 0.29) is 5.41 Å². The minimum Gasteiger partial charge on any atom is -0.311 e. The molecule has 0 aliphatic heterocycles. The standard InChI is InChI=1S/C49H41N.C43H36N2.C40H35NS/c1-3-7-36(8-4-1)38-13-15-39(16-14-38)42-23-29-47(30-24-42)50(46-27-21-41(22-28-46)37-9-5-2-6-10-37)48-31-25-43(26-32-48)40-17-19-44(20-18-40)49-34-35-11-12-45(49)33-35;1-3-9-31(10-4-1)32-17-21-36(22-18-32)44(37-23-19-33(20-24-37)40-28-30-15-16-34(40)27-30)38-25-26-43-41(29-38)39-13-7-8-14-42(39)45(43)35-11-5-2-6-12-35;1-40(2)36-9-5-3-7-31(36)34-23-29(17-19-37(34)40)41(28-15-13-26(14-16-28)33-22-25-11-12-27(33)21-25)30-18-20-39-35(24-30)32-8-4-6-10-38(32)42-39/h1-10,13-32,35,45,49H,11-12,33-34H2;1-14,17-26,29-30,34,40H,15-16,27-28H2;3-10,13-20,23-25,27,33H,11-12,21-22H2,1-2H3. The summed E-state index contributed by atoms with van der Waals surface area (Å²) in [5.74, 6) is 7.82. The number of thiophene rings is 1. The van der Waals surface area contributed by atoms with Gasteiger partial charge in [0, 0.05) is 93.2 Å². The highest BCUT2D eigenvalue weighted by Crippen LogP contribution is 2.58. The Bertz CT molecular complexity index is 7740. The molecule has 7 aliphatic rings. The van der Waals surface area contributed by atoms with Crippen LogP contribution in [0.15, 0.2) is 443 Å². The lowest BCUT2D eigenvalue weighted by Gasteiger charge is -2.28. The van der Waals surface area contributed by atoms with Gasteiger partial charge in [-0.05, 0) is 351 Å². The summed E-state index contributed by atoms with van der Waals surface area (Å²) in [4.78, 5) is 7.26. The van der Waals surface area contributed by atoms with E-state index in [0.717, 1.165) is 76.0 Å². The number of para-hydroxylation sites is 2. The molecule has 0 N–H and O–H groups in total. The molecule has 2 heterocycles. The lowest BCUT2D eigenvalue weighted by molar-refractivity contribution is 0.420. The van der Waals surface area contributed by atoms with Crippen molar-refractivity contribution in [3.8, 4) is 72.4 Å². The minimum atomic E-state index is 0.00606. The second kappa shape index (κ2) is 35.9. The van der Waals surface area contributed by atoms with E-state index in [0.29, 0.717) is 0 Å². The molecule has 0 radical (unpaired) electrons. The van der Waals surface area contributed by atoms with E-state index in [1.165, 1.54) is 242 Å². The summed E-state index contributed by atoms with van der Waals surface area (Å²) in [6.07, 6.45) is 17.1. The predicted octanol–water partition coefficient (Wildman–Crippen LogP) is 37.3. The zero-order valence-electron chi connectivity index (χ0n) is 78.0. The zero-order chi connectivity index (χ0) is 91.0. The molecule has 0 saturated heterocycles. The number of benzene rings is 18. The van der Waals surface area contributed by atoms with E-state index in [4.69, 9.17) is 0 Å². The Balaban J connectivity index is 0.000000110. The van der Waals surface area contributed by atoms with Crippen molar-refractivity contribution >= 4 is 105 Å². The van der Waals surface area contributed by atoms with Crippen molar-refractivity contribution in [1.82, 2.24) is 4.57 Å². The summed E-state index contributed by atoms with van der Waals surface area (Å²) in [7, 11) is 0. The fraction of sp³-hybridized carbons (Fsp3) is 0.182. The number of fused-ring (bicyclic) bond motifs is 15. The summed E-state index contributed by atoms with van der Waals surface area (Å²) >= 11 is 1.89. The normalized spacial score (nSPS) is 19.4. The third kappa shape index (κ3) is 16.0. The van der Waals surface area contributed by atoms with Crippen LogP contribution in [0.4, 0.5) is 51.2 Å². The smallest absolute Gasteiger partial charge is 0.0542 e. The van der Waals surface area contributed by atoms with Crippen LogP contribution >= 0.6 is 11.3 Å². The molecule has 2 aromatic heterocycles. The van der Waals surface area contributed by atoms with Crippen LogP contribution in [0, 0.1) is 35.5 Å². The van der Waals surface area contributed by atoms with Crippen LogP contribution in [-0.2, 0) is 5.41 Å². The Hall–Kier alpha value is -14.6. The summed E-state index contributed by atoms with van der Waals surface area (Å²) < 4.78 is 5.08. The lowest BCUT2D eigenvalue weighted by Crippen LogP contribution is -2.15. The van der Waals surface area contributed by atoms with Gasteiger partial charge in [-0.1, -0.05) is 330 Å². The van der Waals surface area contributed by atoms with Crippen LogP contribution in [0.1, 0.15) is 136 Å². The molecular formula is C132H112N4S. The van der Waals surface area contributed by atoms with E-state index in [1.807, 2.05) is 11.3 Å². The van der Waals surface area contributed by atoms with Gasteiger partial charge < -0.3 is 19.3 Å². The average Bonchev–Trinajstić information content (AvgIpc) is 1.47. The van der Waals surface area contributed by atoms with Crippen LogP contribution < -0.4 is 14.7 Å². The molecule has 6 bridgehead atoms. The van der Waals surface area contributed by atoms with Gasteiger partial charge in [-0.25, -0.2) is 0 Å². The maximum atomic E-state index is 2.48. The molecule has 7 aliphatic carbocycles. The molecule has 666 valence electrons. The Kier molecular flexibility index (Phi) is 22.0. The van der Waals surface area contributed by atoms with Gasteiger partial charge in [0.15, 0.2) is 0 Å². The Morgan fingerprint density at radius 2 is 0.533 bits per heavy atom. The molecule has 9 unspecified atom stereocenters. The van der Waals surface area contributed by atoms with Crippen molar-refractivity contribution < 1.29 is 0 Å². The van der Waals surface area contributed by atoms with Crippen LogP contribution in [-0.4, -0.2) is 4.57 Å². The van der Waals surface area contributed by atoms with Crippen LogP contribution in [0.25, 0.3) is 114 Å². The first-order chi connectivity index (χ1) is 67.6. The van der Waals surface area contributed by atoms with E-state index in [9.17, 15) is 0 Å². The maximum Gasteiger partial charge on any atom is 0.0542 e. The Morgan fingerprint density at radius 1 is 0.226 bits per heavy atom. The number of hydrogen-bond donors (Lipinski definition) is 0. The van der Waals surface area contributed by atoms with Crippen molar-refractivity contribution in [2.24, 2.45) is 35.5 Å². The zero-order valence-corrected chi connectivity index (χ0v) is 78.8. The monoisotopic (exact) mass is 1780 g/mol. The average molecular weight is 1790 g/mol. The number of rotatable bonds is 18. The molecular weight excluding hydrogens is 1670 g/mol. The topological polar surface area (TPSA) is 14.7 Å². The van der Waals surface area contributed by atoms with E-state index in [2.05, 4.69) is 476 Å². The molecule has 6 fully saturated rings. The molecule has 20 aromatic rings. The first kappa shape index (κ1) is 84.1. The summed E-state index contributed by atoms with van der Waals surface area (Å²) in [6, 6.07) is 164. The summed E-state index contributed by atoms with van der Waals surface area (Å²) in [5.41, 5.74) is 36.7. The molecule has 4 nitrogen and oxygen atoms in total. The third-order valence-electron chi connectivity index (χ3n) is 32.5. The second-order valence-electron chi connectivity index (χ2n) is 40.6. The molecule has 0 spiro atoms. The lowest BCUT2D eigenvalue weighted by atomic mass is 9.82. The highest BCUT2D eigenvalue weighted by molar-refractivity contribution is 7.25. The van der Waals surface area contributed by atoms with Gasteiger partial charge in [-0.2, -0.15) is 0 Å². The SMILES string of the molecule is CC1(C)c2ccccc2-c2cc(N(c3ccc(C4CC5CCC4C5)cc3)c3ccc4sc5ccccc5c4c3)ccc21.c1ccc(-c2ccc(-c3ccc(N(c4ccc(-c5ccccc5)cc4)c4ccc(-c5ccc(C6CC7CCC6C7)cc5)cc4)cc3)cc2)cc1.c1ccc(-c2ccc(N(c3ccc(C4CC5CCC4C5)cc3)c3ccc4c(c3)c3ccccc3n4-c3ccccc3)cc2)cc1.